The summed E-state index contributed by atoms with van der Waals surface area (Å²) in [6.45, 7) is 4.74. The molecule has 1 aromatic carbocycles. The van der Waals surface area contributed by atoms with Crippen molar-refractivity contribution in [1.29, 1.82) is 0 Å². The summed E-state index contributed by atoms with van der Waals surface area (Å²) >= 11 is 0. The van der Waals surface area contributed by atoms with Gasteiger partial charge in [-0.3, -0.25) is 4.98 Å². The fourth-order valence-electron chi connectivity index (χ4n) is 3.30. The molecule has 3 unspecified atom stereocenters. The Morgan fingerprint density at radius 1 is 1.11 bits per heavy atom. The number of anilines is 1. The van der Waals surface area contributed by atoms with Crippen molar-refractivity contribution in [2.45, 2.75) is 39.2 Å². The van der Waals surface area contributed by atoms with Gasteiger partial charge in [0.15, 0.2) is 0 Å². The van der Waals surface area contributed by atoms with Crippen LogP contribution in [0.25, 0.3) is 10.9 Å². The summed E-state index contributed by atoms with van der Waals surface area (Å²) in [6, 6.07) is 11.1. The van der Waals surface area contributed by atoms with Crippen LogP contribution in [0, 0.1) is 11.8 Å². The Morgan fingerprint density at radius 3 is 2.79 bits per heavy atom. The van der Waals surface area contributed by atoms with Crippen molar-refractivity contribution in [2.24, 2.45) is 11.8 Å². The summed E-state index contributed by atoms with van der Waals surface area (Å²) < 4.78 is 0. The molecule has 0 amide bonds. The molecule has 1 saturated carbocycles. The molecule has 0 bridgehead atoms. The lowest BCUT2D eigenvalue weighted by Crippen LogP contribution is -2.33. The lowest BCUT2D eigenvalue weighted by Gasteiger charge is -2.34. The molecule has 1 fully saturated rings. The number of hydrogen-bond donors (Lipinski definition) is 1. The molecule has 2 nitrogen and oxygen atoms in total. The van der Waals surface area contributed by atoms with Gasteiger partial charge in [0.25, 0.3) is 0 Å². The third kappa shape index (κ3) is 2.58. The van der Waals surface area contributed by atoms with Crippen molar-refractivity contribution in [2.75, 3.05) is 5.32 Å². The lowest BCUT2D eigenvalue weighted by molar-refractivity contribution is 0.276. The molecule has 2 heteroatoms. The fraction of sp³-hybridized carbons (Fsp3) is 0.471. The van der Waals surface area contributed by atoms with Gasteiger partial charge in [-0.2, -0.15) is 0 Å². The van der Waals surface area contributed by atoms with Crippen LogP contribution in [0.15, 0.2) is 36.5 Å². The van der Waals surface area contributed by atoms with Crippen LogP contribution in [0.2, 0.25) is 0 Å². The number of rotatable bonds is 2. The smallest absolute Gasteiger partial charge is 0.0722 e. The summed E-state index contributed by atoms with van der Waals surface area (Å²) in [4.78, 5) is 4.43. The molecule has 3 rings (SSSR count). The molecule has 19 heavy (non-hydrogen) atoms. The van der Waals surface area contributed by atoms with E-state index in [1.807, 2.05) is 12.3 Å². The van der Waals surface area contributed by atoms with E-state index in [1.165, 1.54) is 30.3 Å². The third-order valence-electron chi connectivity index (χ3n) is 4.42. The maximum Gasteiger partial charge on any atom is 0.0722 e. The van der Waals surface area contributed by atoms with Gasteiger partial charge >= 0.3 is 0 Å². The van der Waals surface area contributed by atoms with Crippen LogP contribution in [0.3, 0.4) is 0 Å². The molecule has 3 atom stereocenters. The monoisotopic (exact) mass is 254 g/mol. The SMILES string of the molecule is CC1CCC(Nc2ccnc3ccccc23)C(C)C1. The van der Waals surface area contributed by atoms with Crippen LogP contribution in [0.1, 0.15) is 33.1 Å². The summed E-state index contributed by atoms with van der Waals surface area (Å²) in [5.41, 5.74) is 2.31. The Morgan fingerprint density at radius 2 is 1.95 bits per heavy atom. The van der Waals surface area contributed by atoms with Crippen LogP contribution in [0.4, 0.5) is 5.69 Å². The average molecular weight is 254 g/mol. The van der Waals surface area contributed by atoms with E-state index < -0.39 is 0 Å². The summed E-state index contributed by atoms with van der Waals surface area (Å²) in [6.07, 6.45) is 5.85. The minimum Gasteiger partial charge on any atom is -0.381 e. The predicted molar refractivity (Wildman–Crippen MR) is 81.3 cm³/mol. The first-order valence-corrected chi connectivity index (χ1v) is 7.34. The van der Waals surface area contributed by atoms with Crippen LogP contribution in [-0.4, -0.2) is 11.0 Å². The number of aromatic nitrogens is 1. The van der Waals surface area contributed by atoms with Gasteiger partial charge in [-0.05, 0) is 43.2 Å². The molecule has 0 spiro atoms. The van der Waals surface area contributed by atoms with E-state index in [4.69, 9.17) is 0 Å². The van der Waals surface area contributed by atoms with Gasteiger partial charge in [0.05, 0.1) is 5.52 Å². The second kappa shape index (κ2) is 5.20. The molecule has 1 aliphatic carbocycles. The molecule has 0 aliphatic heterocycles. The highest BCUT2D eigenvalue weighted by Crippen LogP contribution is 2.32. The normalized spacial score (nSPS) is 27.4. The van der Waals surface area contributed by atoms with E-state index in [0.717, 1.165) is 17.4 Å². The zero-order valence-electron chi connectivity index (χ0n) is 11.8. The van der Waals surface area contributed by atoms with Crippen LogP contribution in [-0.2, 0) is 0 Å². The number of benzene rings is 1. The predicted octanol–water partition coefficient (Wildman–Crippen LogP) is 4.47. The molecule has 0 radical (unpaired) electrons. The maximum atomic E-state index is 4.43. The molecular weight excluding hydrogens is 232 g/mol. The molecule has 1 aliphatic rings. The van der Waals surface area contributed by atoms with E-state index >= 15 is 0 Å². The number of nitrogens with zero attached hydrogens (tertiary/aromatic N) is 1. The first-order valence-electron chi connectivity index (χ1n) is 7.34. The molecule has 1 N–H and O–H groups in total. The van der Waals surface area contributed by atoms with Gasteiger partial charge in [0, 0.05) is 23.3 Å². The first kappa shape index (κ1) is 12.5. The lowest BCUT2D eigenvalue weighted by atomic mass is 9.80. The number of para-hydroxylation sites is 1. The van der Waals surface area contributed by atoms with E-state index in [0.29, 0.717) is 6.04 Å². The molecule has 1 heterocycles. The molecule has 2 aromatic rings. The Bertz CT molecular complexity index is 559. The first-order chi connectivity index (χ1) is 9.24. The van der Waals surface area contributed by atoms with Gasteiger partial charge in [-0.25, -0.2) is 0 Å². The molecule has 0 saturated heterocycles. The van der Waals surface area contributed by atoms with E-state index in [2.05, 4.69) is 48.4 Å². The highest BCUT2D eigenvalue weighted by Gasteiger charge is 2.25. The number of fused-ring (bicyclic) bond motifs is 1. The van der Waals surface area contributed by atoms with E-state index in [9.17, 15) is 0 Å². The van der Waals surface area contributed by atoms with Crippen molar-refractivity contribution in [3.05, 3.63) is 36.5 Å². The van der Waals surface area contributed by atoms with Crippen LogP contribution < -0.4 is 5.32 Å². The minimum absolute atomic E-state index is 0.599. The van der Waals surface area contributed by atoms with Gasteiger partial charge in [0.1, 0.15) is 0 Å². The highest BCUT2D eigenvalue weighted by molar-refractivity contribution is 5.90. The molecular formula is C17H22N2. The second-order valence-electron chi connectivity index (χ2n) is 6.02. The minimum atomic E-state index is 0.599. The van der Waals surface area contributed by atoms with Crippen molar-refractivity contribution >= 4 is 16.6 Å². The zero-order valence-corrected chi connectivity index (χ0v) is 11.8. The van der Waals surface area contributed by atoms with Gasteiger partial charge in [0.2, 0.25) is 0 Å². The van der Waals surface area contributed by atoms with Crippen molar-refractivity contribution in [3.63, 3.8) is 0 Å². The number of pyridine rings is 1. The quantitative estimate of drug-likeness (QED) is 0.855. The average Bonchev–Trinajstić information content (AvgIpc) is 2.42. The Hall–Kier alpha value is -1.57. The molecule has 1 aromatic heterocycles. The third-order valence-corrected chi connectivity index (χ3v) is 4.42. The summed E-state index contributed by atoms with van der Waals surface area (Å²) in [5, 5.41) is 4.99. The van der Waals surface area contributed by atoms with Crippen LogP contribution >= 0.6 is 0 Å². The number of nitrogens with one attached hydrogen (secondary N) is 1. The van der Waals surface area contributed by atoms with Gasteiger partial charge in [-0.15, -0.1) is 0 Å². The fourth-order valence-corrected chi connectivity index (χ4v) is 3.30. The standard InChI is InChI=1S/C17H22N2/c1-12-7-8-15(13(2)11-12)19-17-9-10-18-16-6-4-3-5-14(16)17/h3-6,9-10,12-13,15H,7-8,11H2,1-2H3,(H,18,19). The maximum absolute atomic E-state index is 4.43. The zero-order chi connectivity index (χ0) is 13.2. The van der Waals surface area contributed by atoms with Crippen molar-refractivity contribution in [3.8, 4) is 0 Å². The second-order valence-corrected chi connectivity index (χ2v) is 6.02. The Kier molecular flexibility index (Phi) is 3.41. The largest absolute Gasteiger partial charge is 0.381 e. The highest BCUT2D eigenvalue weighted by atomic mass is 14.9. The topological polar surface area (TPSA) is 24.9 Å². The molecule has 100 valence electrons. The van der Waals surface area contributed by atoms with Crippen molar-refractivity contribution in [1.82, 2.24) is 4.98 Å². The van der Waals surface area contributed by atoms with E-state index in [1.54, 1.807) is 0 Å². The summed E-state index contributed by atoms with van der Waals surface area (Å²) in [5.74, 6) is 1.62. The summed E-state index contributed by atoms with van der Waals surface area (Å²) in [7, 11) is 0. The Labute approximate surface area is 115 Å². The van der Waals surface area contributed by atoms with E-state index in [-0.39, 0.29) is 0 Å². The van der Waals surface area contributed by atoms with Crippen molar-refractivity contribution < 1.29 is 0 Å². The Balaban J connectivity index is 1.85. The van der Waals surface area contributed by atoms with Crippen LogP contribution in [0.5, 0.6) is 0 Å². The van der Waals surface area contributed by atoms with Gasteiger partial charge in [-0.1, -0.05) is 32.0 Å². The number of hydrogen-bond acceptors (Lipinski definition) is 2. The van der Waals surface area contributed by atoms with Gasteiger partial charge < -0.3 is 5.32 Å².